The summed E-state index contributed by atoms with van der Waals surface area (Å²) in [5.74, 6) is -0.0772. The van der Waals surface area contributed by atoms with Crippen LogP contribution < -0.4 is 5.32 Å². The van der Waals surface area contributed by atoms with Crippen molar-refractivity contribution in [2.75, 3.05) is 26.3 Å². The van der Waals surface area contributed by atoms with Gasteiger partial charge in [-0.1, -0.05) is 6.07 Å². The molecular weight excluding hydrogens is 276 g/mol. The van der Waals surface area contributed by atoms with Crippen LogP contribution in [-0.4, -0.2) is 60.4 Å². The molecule has 1 saturated carbocycles. The van der Waals surface area contributed by atoms with Crippen LogP contribution in [-0.2, 0) is 4.74 Å². The predicted molar refractivity (Wildman–Crippen MR) is 77.0 cm³/mol. The normalized spacial score (nSPS) is 31.4. The van der Waals surface area contributed by atoms with Gasteiger partial charge in [0, 0.05) is 19.1 Å². The largest absolute Gasteiger partial charge is 0.389 e. The summed E-state index contributed by atoms with van der Waals surface area (Å²) >= 11 is 1.42. The van der Waals surface area contributed by atoms with Crippen molar-refractivity contribution in [1.82, 2.24) is 10.2 Å². The first-order chi connectivity index (χ1) is 9.75. The van der Waals surface area contributed by atoms with Crippen LogP contribution >= 0.6 is 11.3 Å². The highest BCUT2D eigenvalue weighted by Gasteiger charge is 2.39. The molecule has 2 N–H and O–H groups in total. The molecule has 2 aliphatic rings. The van der Waals surface area contributed by atoms with Crippen molar-refractivity contribution in [3.8, 4) is 0 Å². The van der Waals surface area contributed by atoms with Gasteiger partial charge >= 0.3 is 0 Å². The van der Waals surface area contributed by atoms with E-state index in [0.717, 1.165) is 39.1 Å². The summed E-state index contributed by atoms with van der Waals surface area (Å²) in [4.78, 5) is 15.0. The molecule has 3 rings (SSSR count). The van der Waals surface area contributed by atoms with Crippen molar-refractivity contribution in [1.29, 1.82) is 0 Å². The van der Waals surface area contributed by atoms with Gasteiger partial charge in [-0.15, -0.1) is 11.3 Å². The molecule has 0 aromatic carbocycles. The Labute approximate surface area is 122 Å². The van der Waals surface area contributed by atoms with Crippen LogP contribution in [0.15, 0.2) is 17.5 Å². The molecule has 2 heterocycles. The Kier molecular flexibility index (Phi) is 4.35. The smallest absolute Gasteiger partial charge is 0.261 e. The van der Waals surface area contributed by atoms with E-state index in [-0.39, 0.29) is 18.0 Å². The van der Waals surface area contributed by atoms with Gasteiger partial charge in [-0.3, -0.25) is 9.69 Å². The van der Waals surface area contributed by atoms with Crippen molar-refractivity contribution < 1.29 is 14.6 Å². The van der Waals surface area contributed by atoms with Crippen LogP contribution in [0.1, 0.15) is 22.5 Å². The maximum Gasteiger partial charge on any atom is 0.261 e. The molecule has 0 bridgehead atoms. The Morgan fingerprint density at radius 3 is 2.90 bits per heavy atom. The summed E-state index contributed by atoms with van der Waals surface area (Å²) in [7, 11) is 0. The van der Waals surface area contributed by atoms with Crippen LogP contribution in [0.3, 0.4) is 0 Å². The number of carbonyl (C=O) groups excluding carboxylic acids is 1. The van der Waals surface area contributed by atoms with Crippen molar-refractivity contribution >= 4 is 17.2 Å². The zero-order valence-electron chi connectivity index (χ0n) is 11.3. The Bertz CT molecular complexity index is 445. The summed E-state index contributed by atoms with van der Waals surface area (Å²) in [5, 5.41) is 15.3. The standard InChI is InChI=1S/C14H20N2O3S/c17-13-10(15-14(18)12-2-1-9-20-12)3-4-11(13)16-5-7-19-8-6-16/h1-2,9-11,13,17H,3-8H2,(H,15,18)/t10-,11-,13-/m1/s1. The molecule has 5 nitrogen and oxygen atoms in total. The molecule has 2 fully saturated rings. The lowest BCUT2D eigenvalue weighted by Gasteiger charge is -2.34. The van der Waals surface area contributed by atoms with Gasteiger partial charge in [0.15, 0.2) is 0 Å². The lowest BCUT2D eigenvalue weighted by molar-refractivity contribution is -0.0154. The van der Waals surface area contributed by atoms with Crippen molar-refractivity contribution in [2.45, 2.75) is 31.0 Å². The minimum atomic E-state index is -0.489. The van der Waals surface area contributed by atoms with E-state index in [4.69, 9.17) is 4.74 Å². The molecule has 110 valence electrons. The molecule has 1 aliphatic heterocycles. The Morgan fingerprint density at radius 2 is 2.20 bits per heavy atom. The molecule has 1 amide bonds. The third kappa shape index (κ3) is 2.88. The van der Waals surface area contributed by atoms with E-state index >= 15 is 0 Å². The van der Waals surface area contributed by atoms with Gasteiger partial charge in [-0.05, 0) is 24.3 Å². The van der Waals surface area contributed by atoms with Crippen LogP contribution in [0.25, 0.3) is 0 Å². The Balaban J connectivity index is 1.58. The number of hydrogen-bond donors (Lipinski definition) is 2. The average molecular weight is 296 g/mol. The summed E-state index contributed by atoms with van der Waals surface area (Å²) < 4.78 is 5.34. The fourth-order valence-electron chi connectivity index (χ4n) is 3.07. The van der Waals surface area contributed by atoms with Crippen molar-refractivity contribution in [3.63, 3.8) is 0 Å². The topological polar surface area (TPSA) is 61.8 Å². The summed E-state index contributed by atoms with van der Waals surface area (Å²) in [5.41, 5.74) is 0. The molecule has 0 spiro atoms. The highest BCUT2D eigenvalue weighted by molar-refractivity contribution is 7.12. The van der Waals surface area contributed by atoms with Crippen LogP contribution in [0.5, 0.6) is 0 Å². The number of nitrogens with zero attached hydrogens (tertiary/aromatic N) is 1. The lowest BCUT2D eigenvalue weighted by atomic mass is 10.1. The summed E-state index contributed by atoms with van der Waals surface area (Å²) in [6.45, 7) is 3.20. The molecule has 20 heavy (non-hydrogen) atoms. The minimum absolute atomic E-state index is 0.0772. The molecule has 3 atom stereocenters. The Morgan fingerprint density at radius 1 is 1.40 bits per heavy atom. The van der Waals surface area contributed by atoms with E-state index in [1.165, 1.54) is 11.3 Å². The average Bonchev–Trinajstić information content (AvgIpc) is 3.11. The van der Waals surface area contributed by atoms with E-state index in [1.807, 2.05) is 11.4 Å². The number of ether oxygens (including phenoxy) is 1. The molecule has 1 aromatic rings. The van der Waals surface area contributed by atoms with E-state index in [1.54, 1.807) is 6.07 Å². The van der Waals surface area contributed by atoms with E-state index in [9.17, 15) is 9.90 Å². The van der Waals surface area contributed by atoms with Crippen molar-refractivity contribution in [2.24, 2.45) is 0 Å². The quantitative estimate of drug-likeness (QED) is 0.862. The summed E-state index contributed by atoms with van der Waals surface area (Å²) in [6.07, 6.45) is 1.27. The van der Waals surface area contributed by atoms with E-state index in [0.29, 0.717) is 4.88 Å². The van der Waals surface area contributed by atoms with Crippen molar-refractivity contribution in [3.05, 3.63) is 22.4 Å². The second kappa shape index (κ2) is 6.22. The number of thiophene rings is 1. The third-order valence-electron chi connectivity index (χ3n) is 4.16. The number of morpholine rings is 1. The highest BCUT2D eigenvalue weighted by atomic mass is 32.1. The first-order valence-corrected chi connectivity index (χ1v) is 7.98. The highest BCUT2D eigenvalue weighted by Crippen LogP contribution is 2.26. The number of carbonyl (C=O) groups is 1. The second-order valence-electron chi connectivity index (χ2n) is 5.34. The number of aliphatic hydroxyl groups is 1. The second-order valence-corrected chi connectivity index (χ2v) is 6.29. The zero-order chi connectivity index (χ0) is 13.9. The van der Waals surface area contributed by atoms with Gasteiger partial charge in [-0.2, -0.15) is 0 Å². The maximum atomic E-state index is 12.0. The summed E-state index contributed by atoms with van der Waals surface area (Å²) in [6, 6.07) is 3.67. The van der Waals surface area contributed by atoms with Gasteiger partial charge in [0.1, 0.15) is 0 Å². The van der Waals surface area contributed by atoms with Crippen LogP contribution in [0.2, 0.25) is 0 Å². The predicted octanol–water partition coefficient (Wildman–Crippen LogP) is 0.702. The number of amides is 1. The van der Waals surface area contributed by atoms with Gasteiger partial charge in [0.05, 0.1) is 30.2 Å². The molecule has 1 saturated heterocycles. The molecular formula is C14H20N2O3S. The lowest BCUT2D eigenvalue weighted by Crippen LogP contribution is -2.51. The monoisotopic (exact) mass is 296 g/mol. The zero-order valence-corrected chi connectivity index (χ0v) is 12.1. The van der Waals surface area contributed by atoms with E-state index in [2.05, 4.69) is 10.2 Å². The SMILES string of the molecule is O=C(N[C@@H]1CC[C@@H](N2CCOCC2)[C@@H]1O)c1cccs1. The fraction of sp³-hybridized carbons (Fsp3) is 0.643. The van der Waals surface area contributed by atoms with Gasteiger partial charge in [0.2, 0.25) is 0 Å². The number of aliphatic hydroxyl groups excluding tert-OH is 1. The first kappa shape index (κ1) is 14.0. The molecule has 0 radical (unpaired) electrons. The maximum absolute atomic E-state index is 12.0. The molecule has 1 aromatic heterocycles. The fourth-order valence-corrected chi connectivity index (χ4v) is 3.70. The third-order valence-corrected chi connectivity index (χ3v) is 5.02. The van der Waals surface area contributed by atoms with Crippen LogP contribution in [0.4, 0.5) is 0 Å². The minimum Gasteiger partial charge on any atom is -0.389 e. The molecule has 0 unspecified atom stereocenters. The van der Waals surface area contributed by atoms with Gasteiger partial charge < -0.3 is 15.2 Å². The number of hydrogen-bond acceptors (Lipinski definition) is 5. The van der Waals surface area contributed by atoms with E-state index < -0.39 is 6.10 Å². The molecule has 6 heteroatoms. The number of rotatable bonds is 3. The van der Waals surface area contributed by atoms with Crippen LogP contribution in [0, 0.1) is 0 Å². The first-order valence-electron chi connectivity index (χ1n) is 7.10. The Hall–Kier alpha value is -0.950. The molecule has 1 aliphatic carbocycles. The van der Waals surface area contributed by atoms with Gasteiger partial charge in [0.25, 0.3) is 5.91 Å². The number of nitrogens with one attached hydrogen (secondary N) is 1. The van der Waals surface area contributed by atoms with Gasteiger partial charge in [-0.25, -0.2) is 0 Å².